The Bertz CT molecular complexity index is 1420. The smallest absolute Gasteiger partial charge is 0.326 e. The topological polar surface area (TPSA) is 101 Å². The van der Waals surface area contributed by atoms with Gasteiger partial charge in [0.15, 0.2) is 0 Å². The van der Waals surface area contributed by atoms with E-state index in [1.54, 1.807) is 12.1 Å². The number of nitrogens with one attached hydrogen (secondary N) is 1. The number of rotatable bonds is 14. The van der Waals surface area contributed by atoms with Crippen LogP contribution < -0.4 is 10.1 Å². The summed E-state index contributed by atoms with van der Waals surface area (Å²) in [5, 5.41) is 23.0. The van der Waals surface area contributed by atoms with E-state index in [2.05, 4.69) is 49.3 Å². The highest BCUT2D eigenvalue weighted by Crippen LogP contribution is 2.32. The summed E-state index contributed by atoms with van der Waals surface area (Å²) in [5.41, 5.74) is 3.50. The first-order valence-corrected chi connectivity index (χ1v) is 16.1. The minimum Gasteiger partial charge on any atom is -0.494 e. The van der Waals surface area contributed by atoms with Gasteiger partial charge in [0.25, 0.3) is 5.91 Å². The van der Waals surface area contributed by atoms with Gasteiger partial charge in [0.2, 0.25) is 0 Å². The van der Waals surface area contributed by atoms with Crippen molar-refractivity contribution in [2.24, 2.45) is 5.92 Å². The summed E-state index contributed by atoms with van der Waals surface area (Å²) in [4.78, 5) is 24.8. The number of allylic oxidation sites excluding steroid dienone is 4. The molecule has 0 radical (unpaired) electrons. The number of aromatic nitrogens is 2. The van der Waals surface area contributed by atoms with E-state index in [1.807, 2.05) is 48.6 Å². The van der Waals surface area contributed by atoms with Crippen LogP contribution in [0, 0.1) is 5.92 Å². The molecule has 228 valence electrons. The summed E-state index contributed by atoms with van der Waals surface area (Å²) in [6, 6.07) is 14.3. The molecule has 2 aromatic carbocycles. The van der Waals surface area contributed by atoms with Crippen LogP contribution in [0.5, 0.6) is 5.75 Å². The number of amides is 1. The highest BCUT2D eigenvalue weighted by Gasteiger charge is 2.25. The van der Waals surface area contributed by atoms with Gasteiger partial charge in [-0.05, 0) is 72.6 Å². The zero-order valence-electron chi connectivity index (χ0n) is 25.6. The first-order chi connectivity index (χ1) is 20.6. The number of aliphatic carboxylic acids is 1. The monoisotopic (exact) mass is 601 g/mol. The molecule has 0 fully saturated rings. The Labute approximate surface area is 259 Å². The fourth-order valence-corrected chi connectivity index (χ4v) is 5.80. The number of hydrogen-bond acceptors (Lipinski definition) is 6. The van der Waals surface area contributed by atoms with E-state index in [1.165, 1.54) is 37.0 Å². The Morgan fingerprint density at radius 2 is 1.70 bits per heavy atom. The normalized spacial score (nSPS) is 15.5. The number of hydrogen-bond donors (Lipinski definition) is 2. The molecular formula is C35H43N3O4S. The Morgan fingerprint density at radius 1 is 1.00 bits per heavy atom. The van der Waals surface area contributed by atoms with Crippen LogP contribution in [0.4, 0.5) is 0 Å². The largest absolute Gasteiger partial charge is 0.494 e. The Kier molecular flexibility index (Phi) is 11.3. The van der Waals surface area contributed by atoms with E-state index < -0.39 is 12.0 Å². The Balaban J connectivity index is 1.28. The van der Waals surface area contributed by atoms with Crippen LogP contribution in [-0.2, 0) is 10.2 Å². The number of carboxylic acid groups (broad SMARTS) is 1. The van der Waals surface area contributed by atoms with Crippen LogP contribution in [0.25, 0.3) is 16.1 Å². The van der Waals surface area contributed by atoms with Crippen molar-refractivity contribution in [3.05, 3.63) is 82.9 Å². The standard InChI is InChI=1S/C35H43N3O4S/c1-5-6-7-8-9-22-42-29-20-16-27(17-21-29)33-38-37-32(43-33)26-12-10-24(11-13-26)23-30(34(40)41)36-31(39)25-14-18-28(19-15-25)35(2,3)4/h10,12-21,24,30H,5-9,11,22-23H2,1-4H3,(H,36,39)(H,40,41)/t24?,30-/m0/s1. The van der Waals surface area contributed by atoms with E-state index in [0.29, 0.717) is 18.4 Å². The van der Waals surface area contributed by atoms with Crippen LogP contribution in [0.2, 0.25) is 0 Å². The van der Waals surface area contributed by atoms with Crippen molar-refractivity contribution in [2.75, 3.05) is 6.61 Å². The highest BCUT2D eigenvalue weighted by molar-refractivity contribution is 7.15. The zero-order chi connectivity index (χ0) is 30.8. The lowest BCUT2D eigenvalue weighted by Gasteiger charge is -2.21. The molecule has 2 atom stereocenters. The third kappa shape index (κ3) is 9.35. The van der Waals surface area contributed by atoms with Crippen LogP contribution in [0.15, 0.2) is 66.8 Å². The summed E-state index contributed by atoms with van der Waals surface area (Å²) < 4.78 is 5.88. The molecule has 0 saturated carbocycles. The molecule has 8 heteroatoms. The number of nitrogens with zero attached hydrogens (tertiary/aromatic N) is 2. The van der Waals surface area contributed by atoms with Gasteiger partial charge < -0.3 is 15.2 Å². The second-order valence-electron chi connectivity index (χ2n) is 12.1. The average Bonchev–Trinajstić information content (AvgIpc) is 3.49. The number of benzene rings is 2. The van der Waals surface area contributed by atoms with Crippen LogP contribution in [0.1, 0.15) is 93.6 Å². The van der Waals surface area contributed by atoms with E-state index >= 15 is 0 Å². The second kappa shape index (κ2) is 15.1. The van der Waals surface area contributed by atoms with Crippen LogP contribution in [-0.4, -0.2) is 39.8 Å². The molecule has 0 bridgehead atoms. The summed E-state index contributed by atoms with van der Waals surface area (Å²) in [7, 11) is 0. The molecule has 1 heterocycles. The number of carboxylic acids is 1. The van der Waals surface area contributed by atoms with Gasteiger partial charge in [0.1, 0.15) is 21.8 Å². The maximum absolute atomic E-state index is 12.8. The van der Waals surface area contributed by atoms with Crippen molar-refractivity contribution in [3.63, 3.8) is 0 Å². The molecule has 1 unspecified atom stereocenters. The predicted molar refractivity (Wildman–Crippen MR) is 173 cm³/mol. The van der Waals surface area contributed by atoms with Gasteiger partial charge in [-0.3, -0.25) is 4.79 Å². The van der Waals surface area contributed by atoms with Crippen LogP contribution >= 0.6 is 11.3 Å². The van der Waals surface area contributed by atoms with Crippen molar-refractivity contribution in [1.29, 1.82) is 0 Å². The fraction of sp³-hybridized carbons (Fsp3) is 0.429. The van der Waals surface area contributed by atoms with Crippen molar-refractivity contribution >= 4 is 28.8 Å². The molecule has 1 aliphatic rings. The number of carbonyl (C=O) groups is 2. The Morgan fingerprint density at radius 3 is 2.33 bits per heavy atom. The lowest BCUT2D eigenvalue weighted by Crippen LogP contribution is -2.42. The lowest BCUT2D eigenvalue weighted by molar-refractivity contribution is -0.139. The van der Waals surface area contributed by atoms with Gasteiger partial charge in [-0.25, -0.2) is 4.79 Å². The second-order valence-corrected chi connectivity index (χ2v) is 13.1. The van der Waals surface area contributed by atoms with Gasteiger partial charge in [-0.2, -0.15) is 0 Å². The predicted octanol–water partition coefficient (Wildman–Crippen LogP) is 8.08. The molecule has 0 spiro atoms. The highest BCUT2D eigenvalue weighted by atomic mass is 32.1. The summed E-state index contributed by atoms with van der Waals surface area (Å²) in [5.74, 6) is -0.575. The first-order valence-electron chi connectivity index (χ1n) is 15.2. The van der Waals surface area contributed by atoms with Crippen molar-refractivity contribution in [3.8, 4) is 16.3 Å². The summed E-state index contributed by atoms with van der Waals surface area (Å²) >= 11 is 1.52. The maximum atomic E-state index is 12.8. The molecule has 4 rings (SSSR count). The number of carbonyl (C=O) groups excluding carboxylic acids is 1. The van der Waals surface area contributed by atoms with E-state index in [0.717, 1.165) is 45.5 Å². The Hall–Kier alpha value is -3.78. The van der Waals surface area contributed by atoms with E-state index in [-0.39, 0.29) is 17.2 Å². The zero-order valence-corrected chi connectivity index (χ0v) is 26.5. The molecule has 1 aromatic heterocycles. The van der Waals surface area contributed by atoms with Crippen molar-refractivity contribution in [2.45, 2.75) is 84.1 Å². The number of unbranched alkanes of at least 4 members (excludes halogenated alkanes) is 4. The summed E-state index contributed by atoms with van der Waals surface area (Å²) in [6.45, 7) is 9.27. The van der Waals surface area contributed by atoms with Gasteiger partial charge >= 0.3 is 5.97 Å². The lowest BCUT2D eigenvalue weighted by atomic mass is 9.86. The third-order valence-corrected chi connectivity index (χ3v) is 8.65. The molecule has 0 saturated heterocycles. The molecule has 2 N–H and O–H groups in total. The first kappa shape index (κ1) is 32.1. The average molecular weight is 602 g/mol. The molecule has 43 heavy (non-hydrogen) atoms. The maximum Gasteiger partial charge on any atom is 0.326 e. The molecule has 3 aromatic rings. The van der Waals surface area contributed by atoms with Crippen LogP contribution in [0.3, 0.4) is 0 Å². The molecule has 7 nitrogen and oxygen atoms in total. The summed E-state index contributed by atoms with van der Waals surface area (Å²) in [6.07, 6.45) is 13.1. The minimum absolute atomic E-state index is 0.0139. The van der Waals surface area contributed by atoms with Crippen molar-refractivity contribution < 1.29 is 19.4 Å². The number of ether oxygens (including phenoxy) is 1. The minimum atomic E-state index is -1.04. The molecule has 1 aliphatic carbocycles. The molecular weight excluding hydrogens is 558 g/mol. The third-order valence-electron chi connectivity index (χ3n) is 7.63. The SMILES string of the molecule is CCCCCCCOc1ccc(-c2nnc(C3=CCC(C[C@H](NC(=O)c4ccc(C(C)(C)C)cc4)C(=O)O)C=C3)s2)cc1. The van der Waals surface area contributed by atoms with E-state index in [9.17, 15) is 14.7 Å². The van der Waals surface area contributed by atoms with Crippen molar-refractivity contribution in [1.82, 2.24) is 15.5 Å². The van der Waals surface area contributed by atoms with Gasteiger partial charge in [-0.15, -0.1) is 10.2 Å². The van der Waals surface area contributed by atoms with E-state index in [4.69, 9.17) is 4.74 Å². The van der Waals surface area contributed by atoms with Gasteiger partial charge in [-0.1, -0.05) is 95.1 Å². The van der Waals surface area contributed by atoms with Gasteiger partial charge in [0, 0.05) is 16.7 Å². The quantitative estimate of drug-likeness (QED) is 0.181. The molecule has 1 amide bonds. The van der Waals surface area contributed by atoms with Gasteiger partial charge in [0.05, 0.1) is 6.61 Å². The fourth-order valence-electron chi connectivity index (χ4n) is 4.93. The molecule has 0 aliphatic heterocycles.